The smallest absolute Gasteiger partial charge is 0.308 e. The number of hydrogen-bond donors (Lipinski definition) is 1. The third kappa shape index (κ3) is 2.36. The van der Waals surface area contributed by atoms with Gasteiger partial charge >= 0.3 is 5.97 Å². The highest BCUT2D eigenvalue weighted by molar-refractivity contribution is 5.82. The number of amides is 1. The first-order chi connectivity index (χ1) is 9.01. The molecule has 5 heteroatoms. The van der Waals surface area contributed by atoms with Gasteiger partial charge in [-0.2, -0.15) is 0 Å². The van der Waals surface area contributed by atoms with Gasteiger partial charge in [-0.05, 0) is 40.0 Å². The summed E-state index contributed by atoms with van der Waals surface area (Å²) in [6, 6.07) is 0.138. The Morgan fingerprint density at radius 3 is 2.42 bits per heavy atom. The van der Waals surface area contributed by atoms with Crippen LogP contribution in [0.3, 0.4) is 0 Å². The lowest BCUT2D eigenvalue weighted by atomic mass is 9.89. The minimum Gasteiger partial charge on any atom is -0.481 e. The minimum atomic E-state index is -0.709. The second kappa shape index (κ2) is 5.49. The zero-order chi connectivity index (χ0) is 14.2. The van der Waals surface area contributed by atoms with Crippen molar-refractivity contribution >= 4 is 11.9 Å². The van der Waals surface area contributed by atoms with Crippen LogP contribution in [0.15, 0.2) is 0 Å². The number of rotatable bonds is 5. The maximum atomic E-state index is 12.4. The van der Waals surface area contributed by atoms with E-state index in [0.717, 1.165) is 12.8 Å². The molecule has 2 aliphatic rings. The van der Waals surface area contributed by atoms with Gasteiger partial charge in [-0.15, -0.1) is 0 Å². The number of carboxylic acids is 1. The van der Waals surface area contributed by atoms with Gasteiger partial charge in [-0.3, -0.25) is 14.5 Å². The van der Waals surface area contributed by atoms with Crippen LogP contribution in [-0.4, -0.2) is 58.0 Å². The Morgan fingerprint density at radius 1 is 1.32 bits per heavy atom. The molecule has 19 heavy (non-hydrogen) atoms. The molecule has 0 aliphatic carbocycles. The Hall–Kier alpha value is -1.10. The molecule has 0 aromatic carbocycles. The van der Waals surface area contributed by atoms with Crippen molar-refractivity contribution in [1.29, 1.82) is 0 Å². The number of carbonyl (C=O) groups is 2. The SMILES string of the molecule is CCN(CC)C(=O)C(C)N1C2CCC1C(C(=O)O)C2. The Labute approximate surface area is 114 Å². The molecule has 2 aliphatic heterocycles. The first-order valence-corrected chi connectivity index (χ1v) is 7.30. The molecule has 4 atom stereocenters. The van der Waals surface area contributed by atoms with E-state index in [4.69, 9.17) is 0 Å². The predicted octanol–water partition coefficient (Wildman–Crippen LogP) is 1.18. The highest BCUT2D eigenvalue weighted by atomic mass is 16.4. The summed E-state index contributed by atoms with van der Waals surface area (Å²) in [6.45, 7) is 7.31. The molecule has 0 aromatic heterocycles. The summed E-state index contributed by atoms with van der Waals surface area (Å²) in [7, 11) is 0. The number of aliphatic carboxylic acids is 1. The van der Waals surface area contributed by atoms with Gasteiger partial charge in [0.15, 0.2) is 0 Å². The van der Waals surface area contributed by atoms with Crippen molar-refractivity contribution in [1.82, 2.24) is 9.80 Å². The van der Waals surface area contributed by atoms with E-state index in [1.807, 2.05) is 25.7 Å². The Bertz CT molecular complexity index is 368. The van der Waals surface area contributed by atoms with E-state index >= 15 is 0 Å². The topological polar surface area (TPSA) is 60.9 Å². The molecule has 0 saturated carbocycles. The maximum absolute atomic E-state index is 12.4. The van der Waals surface area contributed by atoms with Gasteiger partial charge in [0.1, 0.15) is 0 Å². The van der Waals surface area contributed by atoms with Gasteiger partial charge in [0, 0.05) is 25.2 Å². The first kappa shape index (κ1) is 14.3. The molecular weight excluding hydrogens is 244 g/mol. The second-order valence-electron chi connectivity index (χ2n) is 5.61. The van der Waals surface area contributed by atoms with Gasteiger partial charge in [-0.25, -0.2) is 0 Å². The van der Waals surface area contributed by atoms with E-state index in [0.29, 0.717) is 19.5 Å². The average Bonchev–Trinajstić information content (AvgIpc) is 2.96. The third-order valence-corrected chi connectivity index (χ3v) is 4.79. The van der Waals surface area contributed by atoms with Gasteiger partial charge in [0.05, 0.1) is 12.0 Å². The van der Waals surface area contributed by atoms with Crippen molar-refractivity contribution in [2.75, 3.05) is 13.1 Å². The van der Waals surface area contributed by atoms with Crippen LogP contribution in [0.4, 0.5) is 0 Å². The predicted molar refractivity (Wildman–Crippen MR) is 71.8 cm³/mol. The number of fused-ring (bicyclic) bond motifs is 2. The molecule has 2 heterocycles. The van der Waals surface area contributed by atoms with Crippen LogP contribution in [0.2, 0.25) is 0 Å². The number of carboxylic acid groups (broad SMARTS) is 1. The summed E-state index contributed by atoms with van der Waals surface area (Å²) in [6.07, 6.45) is 2.65. The monoisotopic (exact) mass is 268 g/mol. The van der Waals surface area contributed by atoms with Crippen LogP contribution in [0.1, 0.15) is 40.0 Å². The molecular formula is C14H24N2O3. The Kier molecular flexibility index (Phi) is 4.13. The summed E-state index contributed by atoms with van der Waals surface area (Å²) in [5.41, 5.74) is 0. The van der Waals surface area contributed by atoms with Crippen molar-refractivity contribution in [2.45, 2.75) is 58.2 Å². The molecule has 1 amide bonds. The summed E-state index contributed by atoms with van der Waals surface area (Å²) >= 11 is 0. The fourth-order valence-corrected chi connectivity index (χ4v) is 3.83. The molecule has 5 nitrogen and oxygen atoms in total. The molecule has 0 radical (unpaired) electrons. The maximum Gasteiger partial charge on any atom is 0.308 e. The highest BCUT2D eigenvalue weighted by Crippen LogP contribution is 2.43. The lowest BCUT2D eigenvalue weighted by Crippen LogP contribution is -2.49. The van der Waals surface area contributed by atoms with Gasteiger partial charge in [-0.1, -0.05) is 0 Å². The van der Waals surface area contributed by atoms with Crippen molar-refractivity contribution in [2.24, 2.45) is 5.92 Å². The van der Waals surface area contributed by atoms with E-state index in [9.17, 15) is 14.7 Å². The molecule has 2 rings (SSSR count). The fourth-order valence-electron chi connectivity index (χ4n) is 3.83. The Morgan fingerprint density at radius 2 is 1.95 bits per heavy atom. The van der Waals surface area contributed by atoms with E-state index in [1.54, 1.807) is 0 Å². The summed E-state index contributed by atoms with van der Waals surface area (Å²) in [4.78, 5) is 27.7. The molecule has 2 fully saturated rings. The number of likely N-dealkylation sites (N-methyl/N-ethyl adjacent to an activating group) is 1. The lowest BCUT2D eigenvalue weighted by molar-refractivity contribution is -0.144. The molecule has 2 bridgehead atoms. The van der Waals surface area contributed by atoms with E-state index in [2.05, 4.69) is 4.90 Å². The van der Waals surface area contributed by atoms with Crippen molar-refractivity contribution in [3.8, 4) is 0 Å². The third-order valence-electron chi connectivity index (χ3n) is 4.79. The fraction of sp³-hybridized carbons (Fsp3) is 0.857. The molecule has 4 unspecified atom stereocenters. The van der Waals surface area contributed by atoms with Gasteiger partial charge < -0.3 is 10.0 Å². The van der Waals surface area contributed by atoms with Crippen LogP contribution in [0.5, 0.6) is 0 Å². The van der Waals surface area contributed by atoms with Gasteiger partial charge in [0.2, 0.25) is 5.91 Å². The standard InChI is InChI=1S/C14H24N2O3/c1-4-15(5-2)13(17)9(3)16-10-6-7-12(16)11(8-10)14(18)19/h9-12H,4-8H2,1-3H3,(H,18,19). The zero-order valence-corrected chi connectivity index (χ0v) is 12.0. The van der Waals surface area contributed by atoms with Crippen LogP contribution in [0.25, 0.3) is 0 Å². The largest absolute Gasteiger partial charge is 0.481 e. The molecule has 1 N–H and O–H groups in total. The van der Waals surface area contributed by atoms with Crippen molar-refractivity contribution < 1.29 is 14.7 Å². The minimum absolute atomic E-state index is 0.0528. The summed E-state index contributed by atoms with van der Waals surface area (Å²) < 4.78 is 0. The van der Waals surface area contributed by atoms with Crippen LogP contribution < -0.4 is 0 Å². The number of nitrogens with zero attached hydrogens (tertiary/aromatic N) is 2. The Balaban J connectivity index is 2.10. The van der Waals surface area contributed by atoms with E-state index < -0.39 is 5.97 Å². The normalized spacial score (nSPS) is 31.4. The zero-order valence-electron chi connectivity index (χ0n) is 12.0. The second-order valence-corrected chi connectivity index (χ2v) is 5.61. The summed E-state index contributed by atoms with van der Waals surface area (Å²) in [5.74, 6) is -0.863. The number of hydrogen-bond acceptors (Lipinski definition) is 3. The quantitative estimate of drug-likeness (QED) is 0.813. The molecule has 2 saturated heterocycles. The van der Waals surface area contributed by atoms with Gasteiger partial charge in [0.25, 0.3) is 0 Å². The molecule has 108 valence electrons. The van der Waals surface area contributed by atoms with Crippen LogP contribution in [-0.2, 0) is 9.59 Å². The van der Waals surface area contributed by atoms with Crippen molar-refractivity contribution in [3.05, 3.63) is 0 Å². The average molecular weight is 268 g/mol. The highest BCUT2D eigenvalue weighted by Gasteiger charge is 2.52. The molecule has 0 spiro atoms. The number of carbonyl (C=O) groups excluding carboxylic acids is 1. The van der Waals surface area contributed by atoms with E-state index in [1.165, 1.54) is 0 Å². The summed E-state index contributed by atoms with van der Waals surface area (Å²) in [5, 5.41) is 9.25. The van der Waals surface area contributed by atoms with Crippen LogP contribution in [0, 0.1) is 5.92 Å². The lowest BCUT2D eigenvalue weighted by Gasteiger charge is -2.32. The molecule has 0 aromatic rings. The van der Waals surface area contributed by atoms with E-state index in [-0.39, 0.29) is 30.0 Å². The van der Waals surface area contributed by atoms with Crippen LogP contribution >= 0.6 is 0 Å². The first-order valence-electron chi connectivity index (χ1n) is 7.30. The van der Waals surface area contributed by atoms with Crippen molar-refractivity contribution in [3.63, 3.8) is 0 Å².